The molecule has 0 radical (unpaired) electrons. The molecule has 19 heavy (non-hydrogen) atoms. The summed E-state index contributed by atoms with van der Waals surface area (Å²) in [6.07, 6.45) is 0. The first-order chi connectivity index (χ1) is 9.10. The second-order valence-corrected chi connectivity index (χ2v) is 6.69. The summed E-state index contributed by atoms with van der Waals surface area (Å²) in [5.74, 6) is 0.897. The second kappa shape index (κ2) is 6.55. The van der Waals surface area contributed by atoms with E-state index in [1.807, 2.05) is 23.5 Å². The maximum Gasteiger partial charge on any atom is 0.118 e. The van der Waals surface area contributed by atoms with Gasteiger partial charge in [-0.3, -0.25) is 0 Å². The lowest BCUT2D eigenvalue weighted by atomic mass is 10.1. The Labute approximate surface area is 126 Å². The van der Waals surface area contributed by atoms with E-state index >= 15 is 0 Å². The number of hydrogen-bond acceptors (Lipinski definition) is 3. The van der Waals surface area contributed by atoms with Crippen molar-refractivity contribution in [3.8, 4) is 5.75 Å². The Balaban J connectivity index is 1.94. The molecule has 4 heteroatoms. The normalized spacial score (nSPS) is 12.4. The Morgan fingerprint density at radius 2 is 2.00 bits per heavy atom. The highest BCUT2D eigenvalue weighted by molar-refractivity contribution is 9.10. The highest BCUT2D eigenvalue weighted by Gasteiger charge is 2.07. The van der Waals surface area contributed by atoms with Gasteiger partial charge in [0, 0.05) is 26.8 Å². The van der Waals surface area contributed by atoms with E-state index in [1.54, 1.807) is 7.11 Å². The molecule has 0 saturated heterocycles. The summed E-state index contributed by atoms with van der Waals surface area (Å²) in [4.78, 5) is 2.68. The van der Waals surface area contributed by atoms with Crippen LogP contribution in [0.2, 0.25) is 0 Å². The highest BCUT2D eigenvalue weighted by atomic mass is 79.9. The van der Waals surface area contributed by atoms with Crippen molar-refractivity contribution in [2.45, 2.75) is 26.4 Å². The second-order valence-electron chi connectivity index (χ2n) is 4.49. The zero-order valence-electron chi connectivity index (χ0n) is 11.4. The van der Waals surface area contributed by atoms with Crippen molar-refractivity contribution in [2.24, 2.45) is 0 Å². The molecule has 0 bridgehead atoms. The van der Waals surface area contributed by atoms with E-state index in [4.69, 9.17) is 4.74 Å². The molecule has 2 nitrogen and oxygen atoms in total. The Hall–Kier alpha value is -0.840. The molecule has 0 aliphatic carbocycles. The maximum atomic E-state index is 5.17. The van der Waals surface area contributed by atoms with Crippen LogP contribution in [0.15, 0.2) is 34.8 Å². The van der Waals surface area contributed by atoms with Crippen LogP contribution in [0.3, 0.4) is 0 Å². The number of aryl methyl sites for hydroxylation is 1. The summed E-state index contributed by atoms with van der Waals surface area (Å²) in [6, 6.07) is 10.7. The first kappa shape index (κ1) is 14.6. The van der Waals surface area contributed by atoms with Crippen molar-refractivity contribution in [1.29, 1.82) is 0 Å². The Morgan fingerprint density at radius 3 is 2.53 bits per heavy atom. The van der Waals surface area contributed by atoms with Gasteiger partial charge in [0.1, 0.15) is 5.75 Å². The van der Waals surface area contributed by atoms with Crippen LogP contribution < -0.4 is 10.1 Å². The van der Waals surface area contributed by atoms with E-state index in [0.717, 1.165) is 12.3 Å². The predicted octanol–water partition coefficient (Wildman–Crippen LogP) is 4.68. The lowest BCUT2D eigenvalue weighted by Gasteiger charge is -2.14. The third kappa shape index (κ3) is 3.81. The van der Waals surface area contributed by atoms with Crippen molar-refractivity contribution in [1.82, 2.24) is 5.32 Å². The Bertz CT molecular complexity index is 516. The average molecular weight is 340 g/mol. The van der Waals surface area contributed by atoms with Gasteiger partial charge in [-0.2, -0.15) is 0 Å². The molecule has 2 rings (SSSR count). The Kier molecular flexibility index (Phi) is 5.02. The summed E-state index contributed by atoms with van der Waals surface area (Å²) in [5, 5.41) is 3.54. The van der Waals surface area contributed by atoms with E-state index in [1.165, 1.54) is 19.8 Å². The van der Waals surface area contributed by atoms with Crippen molar-refractivity contribution in [3.63, 3.8) is 0 Å². The fourth-order valence-corrected chi connectivity index (χ4v) is 3.42. The smallest absolute Gasteiger partial charge is 0.118 e. The number of halogens is 1. The lowest BCUT2D eigenvalue weighted by Crippen LogP contribution is -2.17. The predicted molar refractivity (Wildman–Crippen MR) is 85.0 cm³/mol. The number of methoxy groups -OCH3 is 1. The minimum Gasteiger partial charge on any atom is -0.497 e. The molecule has 1 aromatic heterocycles. The van der Waals surface area contributed by atoms with Gasteiger partial charge in [0.15, 0.2) is 0 Å². The summed E-state index contributed by atoms with van der Waals surface area (Å²) in [7, 11) is 1.69. The molecule has 0 aliphatic rings. The molecular formula is C15H18BrNOS. The minimum absolute atomic E-state index is 0.326. The number of rotatable bonds is 5. The molecule has 0 fully saturated rings. The van der Waals surface area contributed by atoms with Crippen LogP contribution in [0.5, 0.6) is 5.75 Å². The topological polar surface area (TPSA) is 21.3 Å². The standard InChI is InChI=1S/C15H18BrNOS/c1-10(12-4-6-13(18-3)7-5-12)17-9-14-8-15(16)11(2)19-14/h4-8,10,17H,9H2,1-3H3/t10-/m0/s1. The average Bonchev–Trinajstić information content (AvgIpc) is 2.75. The van der Waals surface area contributed by atoms with Crippen LogP contribution in [0, 0.1) is 6.92 Å². The van der Waals surface area contributed by atoms with E-state index < -0.39 is 0 Å². The van der Waals surface area contributed by atoms with Crippen molar-refractivity contribution < 1.29 is 4.74 Å². The van der Waals surface area contributed by atoms with Crippen LogP contribution >= 0.6 is 27.3 Å². The van der Waals surface area contributed by atoms with Crippen molar-refractivity contribution in [2.75, 3.05) is 7.11 Å². The van der Waals surface area contributed by atoms with Gasteiger partial charge in [0.2, 0.25) is 0 Å². The van der Waals surface area contributed by atoms with E-state index in [9.17, 15) is 0 Å². The highest BCUT2D eigenvalue weighted by Crippen LogP contribution is 2.26. The molecule has 0 spiro atoms. The summed E-state index contributed by atoms with van der Waals surface area (Å²) < 4.78 is 6.37. The third-order valence-corrected chi connectivity index (χ3v) is 5.24. The first-order valence-electron chi connectivity index (χ1n) is 6.22. The molecule has 2 aromatic rings. The van der Waals surface area contributed by atoms with Gasteiger partial charge in [-0.1, -0.05) is 12.1 Å². The van der Waals surface area contributed by atoms with E-state index in [-0.39, 0.29) is 0 Å². The number of ether oxygens (including phenoxy) is 1. The largest absolute Gasteiger partial charge is 0.497 e. The minimum atomic E-state index is 0.326. The molecule has 0 aliphatic heterocycles. The van der Waals surface area contributed by atoms with Gasteiger partial charge in [0.25, 0.3) is 0 Å². The van der Waals surface area contributed by atoms with Crippen molar-refractivity contribution >= 4 is 27.3 Å². The van der Waals surface area contributed by atoms with Crippen LogP contribution in [0.4, 0.5) is 0 Å². The zero-order chi connectivity index (χ0) is 13.8. The maximum absolute atomic E-state index is 5.17. The van der Waals surface area contributed by atoms with Crippen LogP contribution in [0.1, 0.15) is 28.3 Å². The first-order valence-corrected chi connectivity index (χ1v) is 7.83. The van der Waals surface area contributed by atoms with E-state index in [0.29, 0.717) is 6.04 Å². The number of hydrogen-bond donors (Lipinski definition) is 1. The van der Waals surface area contributed by atoms with Gasteiger partial charge in [-0.15, -0.1) is 11.3 Å². The molecule has 0 unspecified atom stereocenters. The third-order valence-electron chi connectivity index (χ3n) is 3.11. The van der Waals surface area contributed by atoms with Gasteiger partial charge < -0.3 is 10.1 Å². The molecule has 1 aromatic carbocycles. The van der Waals surface area contributed by atoms with Gasteiger partial charge in [-0.25, -0.2) is 0 Å². The lowest BCUT2D eigenvalue weighted by molar-refractivity contribution is 0.414. The fourth-order valence-electron chi connectivity index (χ4n) is 1.87. The fraction of sp³-hybridized carbons (Fsp3) is 0.333. The van der Waals surface area contributed by atoms with Gasteiger partial charge in [0.05, 0.1) is 7.11 Å². The SMILES string of the molecule is COc1ccc([C@H](C)NCc2cc(Br)c(C)s2)cc1. The van der Waals surface area contributed by atoms with Crippen molar-refractivity contribution in [3.05, 3.63) is 50.1 Å². The molecule has 0 saturated carbocycles. The van der Waals surface area contributed by atoms with Gasteiger partial charge >= 0.3 is 0 Å². The number of nitrogens with one attached hydrogen (secondary N) is 1. The summed E-state index contributed by atoms with van der Waals surface area (Å²) >= 11 is 5.38. The summed E-state index contributed by atoms with van der Waals surface area (Å²) in [6.45, 7) is 5.20. The van der Waals surface area contributed by atoms with Crippen LogP contribution in [-0.4, -0.2) is 7.11 Å². The molecule has 1 atom stereocenters. The Morgan fingerprint density at radius 1 is 1.32 bits per heavy atom. The number of thiophene rings is 1. The zero-order valence-corrected chi connectivity index (χ0v) is 13.8. The van der Waals surface area contributed by atoms with E-state index in [2.05, 4.69) is 53.3 Å². The quantitative estimate of drug-likeness (QED) is 0.853. The molecule has 102 valence electrons. The van der Waals surface area contributed by atoms with Crippen LogP contribution in [-0.2, 0) is 6.54 Å². The molecule has 0 amide bonds. The molecule has 1 N–H and O–H groups in total. The van der Waals surface area contributed by atoms with Crippen LogP contribution in [0.25, 0.3) is 0 Å². The molecule has 1 heterocycles. The summed E-state index contributed by atoms with van der Waals surface area (Å²) in [5.41, 5.74) is 1.27. The molecular weight excluding hydrogens is 322 g/mol. The monoisotopic (exact) mass is 339 g/mol. The van der Waals surface area contributed by atoms with Gasteiger partial charge in [-0.05, 0) is 53.5 Å². The number of benzene rings is 1.